The maximum Gasteiger partial charge on any atom is 0.220 e. The molecule has 0 spiro atoms. The van der Waals surface area contributed by atoms with Crippen molar-refractivity contribution in [3.8, 4) is 11.5 Å². The van der Waals surface area contributed by atoms with E-state index in [9.17, 15) is 19.8 Å². The molecule has 2 amide bonds. The van der Waals surface area contributed by atoms with Crippen LogP contribution >= 0.6 is 23.5 Å². The van der Waals surface area contributed by atoms with E-state index in [1.807, 2.05) is 24.3 Å². The number of phenols is 2. The Morgan fingerprint density at radius 1 is 0.771 bits per heavy atom. The highest BCUT2D eigenvalue weighted by Gasteiger charge is 2.07. The van der Waals surface area contributed by atoms with Crippen LogP contribution in [0.5, 0.6) is 11.5 Å². The molecule has 0 saturated heterocycles. The van der Waals surface area contributed by atoms with Crippen molar-refractivity contribution >= 4 is 35.3 Å². The number of allylic oxidation sites excluding steroid dienone is 2. The van der Waals surface area contributed by atoms with Gasteiger partial charge in [0.2, 0.25) is 11.8 Å². The van der Waals surface area contributed by atoms with Gasteiger partial charge in [-0.15, -0.1) is 36.7 Å². The highest BCUT2D eigenvalue weighted by Crippen LogP contribution is 2.27. The Bertz CT molecular complexity index is 931. The molecular weight excluding hydrogens is 480 g/mol. The standard InChI is InChI=1S/C27H34N2O4S2/c1-3-6-20-18-22(8-10-24(20)30)34-16-12-26(32)28-14-5-15-29-27(33)13-17-35-23-9-11-25(31)21(19-23)7-4-2/h3-4,8-11,18-19,30-31H,1-2,5-7,12-17H2,(H,28,32)(H,29,33). The molecule has 0 aliphatic heterocycles. The summed E-state index contributed by atoms with van der Waals surface area (Å²) in [5, 5.41) is 25.4. The number of aromatic hydroxyl groups is 2. The van der Waals surface area contributed by atoms with E-state index in [1.165, 1.54) is 0 Å². The molecule has 35 heavy (non-hydrogen) atoms. The Kier molecular flexibility index (Phi) is 12.9. The van der Waals surface area contributed by atoms with E-state index in [-0.39, 0.29) is 23.3 Å². The number of benzene rings is 2. The first-order valence-corrected chi connectivity index (χ1v) is 13.5. The molecular formula is C27H34N2O4S2. The second kappa shape index (κ2) is 15.9. The summed E-state index contributed by atoms with van der Waals surface area (Å²) < 4.78 is 0. The molecule has 0 atom stereocenters. The maximum atomic E-state index is 12.0. The lowest BCUT2D eigenvalue weighted by atomic mass is 10.1. The van der Waals surface area contributed by atoms with Crippen LogP contribution in [0.3, 0.4) is 0 Å². The van der Waals surface area contributed by atoms with Crippen LogP contribution in [0.2, 0.25) is 0 Å². The first-order valence-electron chi connectivity index (χ1n) is 11.6. The largest absolute Gasteiger partial charge is 0.508 e. The van der Waals surface area contributed by atoms with E-state index in [1.54, 1.807) is 47.8 Å². The zero-order valence-electron chi connectivity index (χ0n) is 19.9. The van der Waals surface area contributed by atoms with Gasteiger partial charge in [0.1, 0.15) is 11.5 Å². The Labute approximate surface area is 216 Å². The summed E-state index contributed by atoms with van der Waals surface area (Å²) in [7, 11) is 0. The summed E-state index contributed by atoms with van der Waals surface area (Å²) in [4.78, 5) is 26.1. The van der Waals surface area contributed by atoms with Crippen molar-refractivity contribution in [1.82, 2.24) is 10.6 Å². The number of hydrogen-bond acceptors (Lipinski definition) is 6. The fraction of sp³-hybridized carbons (Fsp3) is 0.333. The molecule has 6 nitrogen and oxygen atoms in total. The van der Waals surface area contributed by atoms with Crippen LogP contribution in [0.1, 0.15) is 30.4 Å². The Morgan fingerprint density at radius 2 is 1.20 bits per heavy atom. The van der Waals surface area contributed by atoms with Gasteiger partial charge in [0.05, 0.1) is 0 Å². The second-order valence-electron chi connectivity index (χ2n) is 7.82. The normalized spacial score (nSPS) is 10.5. The summed E-state index contributed by atoms with van der Waals surface area (Å²) in [5.41, 5.74) is 1.65. The van der Waals surface area contributed by atoms with E-state index >= 15 is 0 Å². The van der Waals surface area contributed by atoms with Crippen LogP contribution in [0.25, 0.3) is 0 Å². The molecule has 0 unspecified atom stereocenters. The zero-order chi connectivity index (χ0) is 25.5. The number of rotatable bonds is 16. The number of phenolic OH excluding ortho intramolecular Hbond substituents is 2. The molecule has 0 heterocycles. The summed E-state index contributed by atoms with van der Waals surface area (Å²) in [5.74, 6) is 1.77. The van der Waals surface area contributed by atoms with Crippen molar-refractivity contribution in [3.05, 3.63) is 72.8 Å². The van der Waals surface area contributed by atoms with Crippen molar-refractivity contribution in [2.24, 2.45) is 0 Å². The van der Waals surface area contributed by atoms with E-state index in [2.05, 4.69) is 23.8 Å². The minimum atomic E-state index is -0.0185. The van der Waals surface area contributed by atoms with Crippen LogP contribution < -0.4 is 10.6 Å². The predicted molar refractivity (Wildman–Crippen MR) is 145 cm³/mol. The van der Waals surface area contributed by atoms with E-state index in [0.717, 1.165) is 20.9 Å². The Hall–Kier alpha value is -2.84. The van der Waals surface area contributed by atoms with Gasteiger partial charge in [0.15, 0.2) is 0 Å². The summed E-state index contributed by atoms with van der Waals surface area (Å²) in [6.45, 7) is 8.42. The first-order chi connectivity index (χ1) is 16.9. The third-order valence-corrected chi connectivity index (χ3v) is 7.02. The number of hydrogen-bond donors (Lipinski definition) is 4. The van der Waals surface area contributed by atoms with Crippen LogP contribution in [0.15, 0.2) is 71.5 Å². The third-order valence-electron chi connectivity index (χ3n) is 5.02. The van der Waals surface area contributed by atoms with Crippen LogP contribution in [-0.2, 0) is 22.4 Å². The lowest BCUT2D eigenvalue weighted by Gasteiger charge is -2.08. The van der Waals surface area contributed by atoms with Crippen LogP contribution in [0, 0.1) is 0 Å². The minimum absolute atomic E-state index is 0.0185. The smallest absolute Gasteiger partial charge is 0.220 e. The maximum absolute atomic E-state index is 12.0. The van der Waals surface area contributed by atoms with Crippen molar-refractivity contribution in [2.75, 3.05) is 24.6 Å². The van der Waals surface area contributed by atoms with Gasteiger partial charge in [-0.25, -0.2) is 0 Å². The van der Waals surface area contributed by atoms with Gasteiger partial charge < -0.3 is 20.8 Å². The highest BCUT2D eigenvalue weighted by molar-refractivity contribution is 7.99. The quantitative estimate of drug-likeness (QED) is 0.145. The van der Waals surface area contributed by atoms with E-state index in [4.69, 9.17) is 0 Å². The SMILES string of the molecule is C=CCc1cc(SCCC(=O)NCCCNC(=O)CCSc2ccc(O)c(CC=C)c2)ccc1O. The van der Waals surface area contributed by atoms with Gasteiger partial charge in [-0.1, -0.05) is 12.2 Å². The van der Waals surface area contributed by atoms with Crippen molar-refractivity contribution in [1.29, 1.82) is 0 Å². The highest BCUT2D eigenvalue weighted by atomic mass is 32.2. The predicted octanol–water partition coefficient (Wildman–Crippen LogP) is 4.84. The van der Waals surface area contributed by atoms with Crippen molar-refractivity contribution in [3.63, 3.8) is 0 Å². The fourth-order valence-corrected chi connectivity index (χ4v) is 5.01. The number of carbonyl (C=O) groups is 2. The topological polar surface area (TPSA) is 98.7 Å². The van der Waals surface area contributed by atoms with Crippen LogP contribution in [0.4, 0.5) is 0 Å². The molecule has 8 heteroatoms. The molecule has 188 valence electrons. The van der Waals surface area contributed by atoms with E-state index < -0.39 is 0 Å². The number of carbonyl (C=O) groups excluding carboxylic acids is 2. The van der Waals surface area contributed by atoms with Crippen molar-refractivity contribution < 1.29 is 19.8 Å². The third kappa shape index (κ3) is 11.0. The molecule has 0 radical (unpaired) electrons. The molecule has 2 aromatic rings. The number of amides is 2. The molecule has 0 saturated carbocycles. The average Bonchev–Trinajstić information content (AvgIpc) is 2.83. The molecule has 2 rings (SSSR count). The van der Waals surface area contributed by atoms with Gasteiger partial charge in [-0.3, -0.25) is 9.59 Å². The summed E-state index contributed by atoms with van der Waals surface area (Å²) >= 11 is 3.15. The number of thioether (sulfide) groups is 2. The summed E-state index contributed by atoms with van der Waals surface area (Å²) in [6.07, 6.45) is 6.17. The molecule has 0 fully saturated rings. The van der Waals surface area contributed by atoms with Gasteiger partial charge >= 0.3 is 0 Å². The van der Waals surface area contributed by atoms with Gasteiger partial charge in [0.25, 0.3) is 0 Å². The van der Waals surface area contributed by atoms with Crippen LogP contribution in [-0.4, -0.2) is 46.6 Å². The Balaban J connectivity index is 1.53. The second-order valence-corrected chi connectivity index (χ2v) is 10.2. The molecule has 0 aliphatic carbocycles. The molecule has 0 bridgehead atoms. The minimum Gasteiger partial charge on any atom is -0.508 e. The van der Waals surface area contributed by atoms with Gasteiger partial charge in [-0.05, 0) is 66.8 Å². The molecule has 0 aliphatic rings. The van der Waals surface area contributed by atoms with E-state index in [0.29, 0.717) is 56.7 Å². The number of nitrogens with one attached hydrogen (secondary N) is 2. The zero-order valence-corrected chi connectivity index (χ0v) is 21.6. The molecule has 2 aromatic carbocycles. The lowest BCUT2D eigenvalue weighted by molar-refractivity contribution is -0.121. The first kappa shape index (κ1) is 28.4. The lowest BCUT2D eigenvalue weighted by Crippen LogP contribution is -2.30. The summed E-state index contributed by atoms with van der Waals surface area (Å²) in [6, 6.07) is 10.9. The fourth-order valence-electron chi connectivity index (χ4n) is 3.19. The average molecular weight is 515 g/mol. The van der Waals surface area contributed by atoms with Gasteiger partial charge in [0, 0.05) is 47.2 Å². The monoisotopic (exact) mass is 514 g/mol. The van der Waals surface area contributed by atoms with Gasteiger partial charge in [-0.2, -0.15) is 0 Å². The molecule has 4 N–H and O–H groups in total. The molecule has 0 aromatic heterocycles. The Morgan fingerprint density at radius 3 is 1.60 bits per heavy atom. The van der Waals surface area contributed by atoms with Crippen molar-refractivity contribution in [2.45, 2.75) is 41.9 Å².